The SMILES string of the molecule is CC1CN(C)CCCN1CCC(N)CO. The first-order valence-electron chi connectivity index (χ1n) is 5.92. The number of likely N-dealkylation sites (N-methyl/N-ethyl adjacent to an activating group) is 1. The van der Waals surface area contributed by atoms with Crippen LogP contribution < -0.4 is 5.73 Å². The van der Waals surface area contributed by atoms with Gasteiger partial charge in [0.2, 0.25) is 0 Å². The summed E-state index contributed by atoms with van der Waals surface area (Å²) in [5.74, 6) is 0. The molecule has 1 fully saturated rings. The van der Waals surface area contributed by atoms with Crippen molar-refractivity contribution < 1.29 is 5.11 Å². The van der Waals surface area contributed by atoms with Crippen LogP contribution >= 0.6 is 0 Å². The summed E-state index contributed by atoms with van der Waals surface area (Å²) >= 11 is 0. The number of aliphatic hydroxyl groups excluding tert-OH is 1. The van der Waals surface area contributed by atoms with Crippen molar-refractivity contribution in [3.63, 3.8) is 0 Å². The Kier molecular flexibility index (Phi) is 5.53. The van der Waals surface area contributed by atoms with Crippen LogP contribution in [-0.4, -0.2) is 66.8 Å². The molecule has 1 rings (SSSR count). The van der Waals surface area contributed by atoms with Crippen LogP contribution in [0.25, 0.3) is 0 Å². The average Bonchev–Trinajstić information content (AvgIpc) is 2.36. The minimum atomic E-state index is -0.0572. The molecule has 4 heteroatoms. The third kappa shape index (κ3) is 4.47. The minimum Gasteiger partial charge on any atom is -0.395 e. The molecule has 2 atom stereocenters. The first-order chi connectivity index (χ1) is 7.13. The molecular weight excluding hydrogens is 190 g/mol. The summed E-state index contributed by atoms with van der Waals surface area (Å²) < 4.78 is 0. The number of hydrogen-bond donors (Lipinski definition) is 2. The first kappa shape index (κ1) is 12.9. The van der Waals surface area contributed by atoms with Crippen molar-refractivity contribution in [1.82, 2.24) is 9.80 Å². The highest BCUT2D eigenvalue weighted by Crippen LogP contribution is 2.09. The molecule has 1 heterocycles. The Morgan fingerprint density at radius 2 is 2.20 bits per heavy atom. The van der Waals surface area contributed by atoms with Crippen molar-refractivity contribution >= 4 is 0 Å². The van der Waals surface area contributed by atoms with Crippen LogP contribution in [-0.2, 0) is 0 Å². The second-order valence-electron chi connectivity index (χ2n) is 4.73. The van der Waals surface area contributed by atoms with Gasteiger partial charge in [-0.05, 0) is 39.9 Å². The predicted molar refractivity (Wildman–Crippen MR) is 62.8 cm³/mol. The predicted octanol–water partition coefficient (Wildman–Crippen LogP) is -0.278. The zero-order chi connectivity index (χ0) is 11.3. The molecule has 0 aromatic rings. The van der Waals surface area contributed by atoms with Crippen molar-refractivity contribution in [2.45, 2.75) is 31.8 Å². The lowest BCUT2D eigenvalue weighted by atomic mass is 10.2. The van der Waals surface area contributed by atoms with Gasteiger partial charge < -0.3 is 15.7 Å². The van der Waals surface area contributed by atoms with Crippen molar-refractivity contribution in [3.05, 3.63) is 0 Å². The maximum atomic E-state index is 8.88. The lowest BCUT2D eigenvalue weighted by Crippen LogP contribution is -2.40. The minimum absolute atomic E-state index is 0.0572. The fourth-order valence-corrected chi connectivity index (χ4v) is 2.18. The fraction of sp³-hybridized carbons (Fsp3) is 1.00. The smallest absolute Gasteiger partial charge is 0.0583 e. The largest absolute Gasteiger partial charge is 0.395 e. The van der Waals surface area contributed by atoms with Crippen molar-refractivity contribution in [3.8, 4) is 0 Å². The zero-order valence-electron chi connectivity index (χ0n) is 10.0. The van der Waals surface area contributed by atoms with Crippen LogP contribution in [0.3, 0.4) is 0 Å². The molecule has 0 aliphatic carbocycles. The van der Waals surface area contributed by atoms with Crippen LogP contribution in [0.4, 0.5) is 0 Å². The lowest BCUT2D eigenvalue weighted by molar-refractivity contribution is 0.183. The molecule has 4 nitrogen and oxygen atoms in total. The molecule has 15 heavy (non-hydrogen) atoms. The Morgan fingerprint density at radius 3 is 2.87 bits per heavy atom. The standard InChI is InChI=1S/C11H25N3O/c1-10-8-13(2)5-3-6-14(10)7-4-11(12)9-15/h10-11,15H,3-9,12H2,1-2H3. The van der Waals surface area contributed by atoms with Gasteiger partial charge >= 0.3 is 0 Å². The van der Waals surface area contributed by atoms with Crippen LogP contribution in [0.5, 0.6) is 0 Å². The molecule has 0 amide bonds. The summed E-state index contributed by atoms with van der Waals surface area (Å²) in [4.78, 5) is 4.87. The van der Waals surface area contributed by atoms with E-state index in [2.05, 4.69) is 23.8 Å². The lowest BCUT2D eigenvalue weighted by Gasteiger charge is -2.28. The highest BCUT2D eigenvalue weighted by Gasteiger charge is 2.19. The van der Waals surface area contributed by atoms with Gasteiger partial charge in [0.15, 0.2) is 0 Å². The molecular formula is C11H25N3O. The molecule has 0 radical (unpaired) electrons. The topological polar surface area (TPSA) is 52.7 Å². The Morgan fingerprint density at radius 1 is 1.47 bits per heavy atom. The van der Waals surface area contributed by atoms with Gasteiger partial charge in [-0.2, -0.15) is 0 Å². The van der Waals surface area contributed by atoms with Gasteiger partial charge in [0.25, 0.3) is 0 Å². The van der Waals surface area contributed by atoms with Crippen molar-refractivity contribution in [2.24, 2.45) is 5.73 Å². The summed E-state index contributed by atoms with van der Waals surface area (Å²) in [6.07, 6.45) is 2.12. The number of aliphatic hydroxyl groups is 1. The van der Waals surface area contributed by atoms with Gasteiger partial charge in [0, 0.05) is 25.2 Å². The normalized spacial score (nSPS) is 27.6. The van der Waals surface area contributed by atoms with Gasteiger partial charge in [-0.1, -0.05) is 0 Å². The number of nitrogens with zero attached hydrogens (tertiary/aromatic N) is 2. The highest BCUT2D eigenvalue weighted by molar-refractivity contribution is 4.76. The van der Waals surface area contributed by atoms with E-state index in [4.69, 9.17) is 10.8 Å². The zero-order valence-corrected chi connectivity index (χ0v) is 10.0. The monoisotopic (exact) mass is 215 g/mol. The second-order valence-corrected chi connectivity index (χ2v) is 4.73. The molecule has 1 aliphatic rings. The van der Waals surface area contributed by atoms with Gasteiger partial charge in [-0.25, -0.2) is 0 Å². The van der Waals surface area contributed by atoms with E-state index in [1.807, 2.05) is 0 Å². The quantitative estimate of drug-likeness (QED) is 0.677. The Labute approximate surface area is 93.0 Å². The van der Waals surface area contributed by atoms with E-state index in [9.17, 15) is 0 Å². The molecule has 0 spiro atoms. The molecule has 0 bridgehead atoms. The van der Waals surface area contributed by atoms with Gasteiger partial charge in [-0.15, -0.1) is 0 Å². The summed E-state index contributed by atoms with van der Waals surface area (Å²) in [5, 5.41) is 8.88. The average molecular weight is 215 g/mol. The molecule has 0 aromatic carbocycles. The van der Waals surface area contributed by atoms with Crippen LogP contribution in [0.15, 0.2) is 0 Å². The van der Waals surface area contributed by atoms with Crippen LogP contribution in [0.1, 0.15) is 19.8 Å². The number of hydrogen-bond acceptors (Lipinski definition) is 4. The van der Waals surface area contributed by atoms with Crippen LogP contribution in [0, 0.1) is 0 Å². The molecule has 3 N–H and O–H groups in total. The maximum absolute atomic E-state index is 8.88. The van der Waals surface area contributed by atoms with Crippen molar-refractivity contribution in [2.75, 3.05) is 39.8 Å². The second kappa shape index (κ2) is 6.43. The maximum Gasteiger partial charge on any atom is 0.0583 e. The Bertz CT molecular complexity index is 177. The summed E-state index contributed by atoms with van der Waals surface area (Å²) in [6.45, 7) is 6.86. The van der Waals surface area contributed by atoms with Gasteiger partial charge in [0.1, 0.15) is 0 Å². The number of rotatable bonds is 4. The van der Waals surface area contributed by atoms with E-state index >= 15 is 0 Å². The van der Waals surface area contributed by atoms with Crippen molar-refractivity contribution in [1.29, 1.82) is 0 Å². The van der Waals surface area contributed by atoms with Gasteiger partial charge in [-0.3, -0.25) is 4.90 Å². The summed E-state index contributed by atoms with van der Waals surface area (Å²) in [5.41, 5.74) is 5.71. The van der Waals surface area contributed by atoms with E-state index in [1.165, 1.54) is 13.0 Å². The first-order valence-corrected chi connectivity index (χ1v) is 5.92. The van der Waals surface area contributed by atoms with E-state index in [1.54, 1.807) is 0 Å². The Hall–Kier alpha value is -0.160. The van der Waals surface area contributed by atoms with E-state index in [-0.39, 0.29) is 12.6 Å². The van der Waals surface area contributed by atoms with Gasteiger partial charge in [0.05, 0.1) is 6.61 Å². The Balaban J connectivity index is 2.32. The highest BCUT2D eigenvalue weighted by atomic mass is 16.3. The fourth-order valence-electron chi connectivity index (χ4n) is 2.18. The van der Waals surface area contributed by atoms with Crippen LogP contribution in [0.2, 0.25) is 0 Å². The molecule has 2 unspecified atom stereocenters. The summed E-state index contributed by atoms with van der Waals surface area (Å²) in [7, 11) is 2.18. The van der Waals surface area contributed by atoms with E-state index in [0.29, 0.717) is 6.04 Å². The molecule has 0 saturated carbocycles. The third-order valence-corrected chi connectivity index (χ3v) is 3.21. The molecule has 1 saturated heterocycles. The molecule has 90 valence electrons. The summed E-state index contributed by atoms with van der Waals surface area (Å²) in [6, 6.07) is 0.543. The van der Waals surface area contributed by atoms with E-state index in [0.717, 1.165) is 26.1 Å². The molecule has 0 aromatic heterocycles. The third-order valence-electron chi connectivity index (χ3n) is 3.21. The molecule has 1 aliphatic heterocycles. The number of nitrogens with two attached hydrogens (primary N) is 1. The van der Waals surface area contributed by atoms with E-state index < -0.39 is 0 Å².